The first-order valence-corrected chi connectivity index (χ1v) is 12.1. The van der Waals surface area contributed by atoms with Crippen LogP contribution in [-0.2, 0) is 24.3 Å². The Bertz CT molecular complexity index is 962. The zero-order valence-electron chi connectivity index (χ0n) is 18.3. The number of esters is 1. The van der Waals surface area contributed by atoms with Crippen LogP contribution in [0.15, 0.2) is 46.0 Å². The summed E-state index contributed by atoms with van der Waals surface area (Å²) in [4.78, 5) is 25.8. The minimum atomic E-state index is -3.62. The maximum absolute atomic E-state index is 12.6. The molecule has 0 spiro atoms. The van der Waals surface area contributed by atoms with Gasteiger partial charge in [-0.3, -0.25) is 9.10 Å². The van der Waals surface area contributed by atoms with Crippen molar-refractivity contribution in [1.29, 1.82) is 0 Å². The number of carbonyl (C=O) groups excluding carboxylic acids is 2. The molecule has 170 valence electrons. The highest BCUT2D eigenvalue weighted by Gasteiger charge is 2.23. The average Bonchev–Trinajstić information content (AvgIpc) is 3.25. The maximum atomic E-state index is 12.6. The molecule has 31 heavy (non-hydrogen) atoms. The molecule has 0 atom stereocenters. The Morgan fingerprint density at radius 3 is 2.13 bits per heavy atom. The highest BCUT2D eigenvalue weighted by Crippen LogP contribution is 2.26. The molecule has 0 aliphatic carbocycles. The molecule has 10 heteroatoms. The van der Waals surface area contributed by atoms with Gasteiger partial charge in [0.15, 0.2) is 13.2 Å². The zero-order chi connectivity index (χ0) is 23.2. The van der Waals surface area contributed by atoms with Crippen molar-refractivity contribution in [3.63, 3.8) is 0 Å². The topological polar surface area (TPSA) is 93.2 Å². The molecule has 2 rings (SSSR count). The van der Waals surface area contributed by atoms with Gasteiger partial charge in [-0.05, 0) is 63.4 Å². The van der Waals surface area contributed by atoms with Crippen LogP contribution in [0.5, 0.6) is 5.75 Å². The molecule has 1 aromatic heterocycles. The lowest BCUT2D eigenvalue weighted by molar-refractivity contribution is -0.155. The summed E-state index contributed by atoms with van der Waals surface area (Å²) in [6.45, 7) is 6.89. The monoisotopic (exact) mass is 468 g/mol. The first-order valence-electron chi connectivity index (χ1n) is 9.76. The molecule has 0 bridgehead atoms. The number of anilines is 1. The average molecular weight is 469 g/mol. The lowest BCUT2D eigenvalue weighted by Crippen LogP contribution is -2.44. The number of rotatable bonds is 10. The molecule has 1 amide bonds. The third-order valence-electron chi connectivity index (χ3n) is 4.42. The van der Waals surface area contributed by atoms with Crippen molar-refractivity contribution in [2.24, 2.45) is 0 Å². The van der Waals surface area contributed by atoms with Crippen LogP contribution in [0.1, 0.15) is 27.7 Å². The summed E-state index contributed by atoms with van der Waals surface area (Å²) in [5.74, 6) is -0.556. The standard InChI is InChI=1S/C21H28N2O6S2/c1-15(2)23(16(3)4)19(24)13-29-20(25)14-28-18-10-8-17(9-11-18)22(5)31(26,27)21-7-6-12-30-21/h6-12,15-16H,13-14H2,1-5H3. The summed E-state index contributed by atoms with van der Waals surface area (Å²) in [5.41, 5.74) is 0.455. The predicted octanol–water partition coefficient (Wildman–Crippen LogP) is 3.14. The van der Waals surface area contributed by atoms with Crippen LogP contribution in [-0.4, -0.2) is 57.5 Å². The molecular formula is C21H28N2O6S2. The van der Waals surface area contributed by atoms with Crippen LogP contribution in [0.2, 0.25) is 0 Å². The number of thiophene rings is 1. The summed E-state index contributed by atoms with van der Waals surface area (Å²) in [6, 6.07) is 9.52. The molecule has 1 heterocycles. The quantitative estimate of drug-likeness (QED) is 0.498. The number of nitrogens with zero attached hydrogens (tertiary/aromatic N) is 2. The van der Waals surface area contributed by atoms with Gasteiger partial charge in [0, 0.05) is 19.1 Å². The maximum Gasteiger partial charge on any atom is 0.344 e. The van der Waals surface area contributed by atoms with Crippen LogP contribution in [0.4, 0.5) is 5.69 Å². The van der Waals surface area contributed by atoms with E-state index in [0.29, 0.717) is 11.4 Å². The third-order valence-corrected chi connectivity index (χ3v) is 7.58. The Morgan fingerprint density at radius 2 is 1.61 bits per heavy atom. The number of benzene rings is 1. The van der Waals surface area contributed by atoms with Crippen LogP contribution < -0.4 is 9.04 Å². The fourth-order valence-electron chi connectivity index (χ4n) is 3.01. The third kappa shape index (κ3) is 6.44. The smallest absolute Gasteiger partial charge is 0.344 e. The molecule has 0 saturated heterocycles. The van der Waals surface area contributed by atoms with Crippen molar-refractivity contribution >= 4 is 38.9 Å². The van der Waals surface area contributed by atoms with Gasteiger partial charge in [0.1, 0.15) is 9.96 Å². The van der Waals surface area contributed by atoms with Crippen molar-refractivity contribution in [2.45, 2.75) is 44.0 Å². The zero-order valence-corrected chi connectivity index (χ0v) is 19.9. The Hall–Kier alpha value is -2.59. The lowest BCUT2D eigenvalue weighted by atomic mass is 10.2. The molecule has 0 saturated carbocycles. The van der Waals surface area contributed by atoms with Crippen molar-refractivity contribution in [1.82, 2.24) is 4.90 Å². The number of hydrogen-bond donors (Lipinski definition) is 0. The highest BCUT2D eigenvalue weighted by molar-refractivity contribution is 7.94. The first-order chi connectivity index (χ1) is 14.5. The molecular weight excluding hydrogens is 440 g/mol. The van der Waals surface area contributed by atoms with E-state index in [4.69, 9.17) is 9.47 Å². The summed E-state index contributed by atoms with van der Waals surface area (Å²) in [7, 11) is -2.15. The van der Waals surface area contributed by atoms with Crippen molar-refractivity contribution < 1.29 is 27.5 Å². The van der Waals surface area contributed by atoms with Gasteiger partial charge in [0.2, 0.25) is 0 Å². The van der Waals surface area contributed by atoms with E-state index in [0.717, 1.165) is 11.3 Å². The Morgan fingerprint density at radius 1 is 1.00 bits per heavy atom. The second-order valence-corrected chi connectivity index (χ2v) is 10.5. The fraction of sp³-hybridized carbons (Fsp3) is 0.429. The molecule has 0 fully saturated rings. The van der Waals surface area contributed by atoms with Gasteiger partial charge in [0.25, 0.3) is 15.9 Å². The minimum Gasteiger partial charge on any atom is -0.482 e. The molecule has 1 aromatic carbocycles. The second-order valence-electron chi connectivity index (χ2n) is 7.34. The Labute approximate surface area is 187 Å². The van der Waals surface area contributed by atoms with E-state index in [1.165, 1.54) is 11.4 Å². The molecule has 2 aromatic rings. The number of sulfonamides is 1. The number of ether oxygens (including phenoxy) is 2. The van der Waals surface area contributed by atoms with E-state index in [1.807, 2.05) is 27.7 Å². The molecule has 0 radical (unpaired) electrons. The number of hydrogen-bond acceptors (Lipinski definition) is 7. The molecule has 0 aliphatic rings. The van der Waals surface area contributed by atoms with E-state index in [1.54, 1.807) is 46.7 Å². The highest BCUT2D eigenvalue weighted by atomic mass is 32.2. The van der Waals surface area contributed by atoms with E-state index in [-0.39, 0.29) is 35.4 Å². The second kappa shape index (κ2) is 10.6. The van der Waals surface area contributed by atoms with Gasteiger partial charge in [-0.1, -0.05) is 6.07 Å². The molecule has 0 N–H and O–H groups in total. The van der Waals surface area contributed by atoms with Crippen molar-refractivity contribution in [3.05, 3.63) is 41.8 Å². The van der Waals surface area contributed by atoms with Crippen LogP contribution in [0, 0.1) is 0 Å². The fourth-order valence-corrected chi connectivity index (χ4v) is 5.37. The van der Waals surface area contributed by atoms with E-state index in [9.17, 15) is 18.0 Å². The Balaban J connectivity index is 1.88. The lowest BCUT2D eigenvalue weighted by Gasteiger charge is -2.30. The van der Waals surface area contributed by atoms with Crippen LogP contribution >= 0.6 is 11.3 Å². The molecule has 0 unspecified atom stereocenters. The van der Waals surface area contributed by atoms with Gasteiger partial charge in [-0.15, -0.1) is 11.3 Å². The summed E-state index contributed by atoms with van der Waals surface area (Å²) >= 11 is 1.15. The van der Waals surface area contributed by atoms with Crippen molar-refractivity contribution in [2.75, 3.05) is 24.6 Å². The number of carbonyl (C=O) groups is 2. The Kier molecular flexibility index (Phi) is 8.46. The predicted molar refractivity (Wildman–Crippen MR) is 120 cm³/mol. The minimum absolute atomic E-state index is 0.00253. The van der Waals surface area contributed by atoms with Crippen LogP contribution in [0.25, 0.3) is 0 Å². The van der Waals surface area contributed by atoms with E-state index in [2.05, 4.69) is 0 Å². The summed E-state index contributed by atoms with van der Waals surface area (Å²) < 4.78 is 37.0. The van der Waals surface area contributed by atoms with Gasteiger partial charge in [0.05, 0.1) is 5.69 Å². The van der Waals surface area contributed by atoms with Gasteiger partial charge >= 0.3 is 5.97 Å². The van der Waals surface area contributed by atoms with Gasteiger partial charge in [-0.2, -0.15) is 0 Å². The largest absolute Gasteiger partial charge is 0.482 e. The van der Waals surface area contributed by atoms with E-state index >= 15 is 0 Å². The normalized spacial score (nSPS) is 11.5. The number of amides is 1. The van der Waals surface area contributed by atoms with Gasteiger partial charge < -0.3 is 14.4 Å². The first kappa shape index (κ1) is 24.7. The molecule has 0 aliphatic heterocycles. The summed E-state index contributed by atoms with van der Waals surface area (Å²) in [5, 5.41) is 1.70. The SMILES string of the molecule is CC(C)N(C(=O)COC(=O)COc1ccc(N(C)S(=O)(=O)c2cccs2)cc1)C(C)C. The summed E-state index contributed by atoms with van der Waals surface area (Å²) in [6.07, 6.45) is 0. The van der Waals surface area contributed by atoms with Crippen LogP contribution in [0.3, 0.4) is 0 Å². The molecule has 8 nitrogen and oxygen atoms in total. The van der Waals surface area contributed by atoms with E-state index < -0.39 is 16.0 Å². The van der Waals surface area contributed by atoms with Gasteiger partial charge in [-0.25, -0.2) is 13.2 Å². The van der Waals surface area contributed by atoms with Crippen molar-refractivity contribution in [3.8, 4) is 5.75 Å².